The van der Waals surface area contributed by atoms with E-state index in [4.69, 9.17) is 11.1 Å². The summed E-state index contributed by atoms with van der Waals surface area (Å²) < 4.78 is 24.9. The number of sulfonamides is 1. The molecule has 0 heterocycles. The molecular weight excluding hydrogens is 430 g/mol. The molecule has 0 saturated heterocycles. The molecule has 0 aliphatic rings. The quantitative estimate of drug-likeness (QED) is 0.256. The highest BCUT2D eigenvalue weighted by atomic mass is 32.2. The maximum absolute atomic E-state index is 12.9. The van der Waals surface area contributed by atoms with Crippen LogP contribution in [0.5, 0.6) is 0 Å². The van der Waals surface area contributed by atoms with Gasteiger partial charge in [-0.25, -0.2) is 13.1 Å². The van der Waals surface area contributed by atoms with Crippen LogP contribution in [0, 0.1) is 11.3 Å². The van der Waals surface area contributed by atoms with Gasteiger partial charge in [-0.15, -0.1) is 0 Å². The number of anilines is 1. The second kappa shape index (κ2) is 10.9. The van der Waals surface area contributed by atoms with Crippen LogP contribution >= 0.6 is 0 Å². The third kappa shape index (κ3) is 8.12. The Morgan fingerprint density at radius 3 is 2.38 bits per heavy atom. The molecule has 32 heavy (non-hydrogen) atoms. The van der Waals surface area contributed by atoms with Gasteiger partial charge in [0, 0.05) is 30.9 Å². The monoisotopic (exact) mass is 459 g/mol. The molecule has 0 fully saturated rings. The van der Waals surface area contributed by atoms with Crippen molar-refractivity contribution in [3.8, 4) is 0 Å². The Kier molecular flexibility index (Phi) is 8.50. The number of carbonyl (C=O) groups is 2. The van der Waals surface area contributed by atoms with Crippen LogP contribution in [0.4, 0.5) is 5.69 Å². The lowest BCUT2D eigenvalue weighted by molar-refractivity contribution is -0.143. The molecule has 0 aliphatic heterocycles. The molecule has 172 valence electrons. The predicted molar refractivity (Wildman–Crippen MR) is 124 cm³/mol. The second-order valence-electron chi connectivity index (χ2n) is 7.94. The summed E-state index contributed by atoms with van der Waals surface area (Å²) in [5.41, 5.74) is 7.88. The number of benzene rings is 2. The van der Waals surface area contributed by atoms with Gasteiger partial charge in [0.05, 0.1) is 6.26 Å². The molecule has 9 nitrogen and oxygen atoms in total. The summed E-state index contributed by atoms with van der Waals surface area (Å²) in [4.78, 5) is 27.0. The van der Waals surface area contributed by atoms with Gasteiger partial charge >= 0.3 is 11.8 Å². The number of nitrogens with zero attached hydrogens (tertiary/aromatic N) is 1. The van der Waals surface area contributed by atoms with E-state index in [1.54, 1.807) is 42.5 Å². The van der Waals surface area contributed by atoms with Gasteiger partial charge in [-0.2, -0.15) is 0 Å². The molecule has 5 N–H and O–H groups in total. The molecule has 0 unspecified atom stereocenters. The number of amides is 2. The van der Waals surface area contributed by atoms with Crippen LogP contribution in [0.25, 0.3) is 0 Å². The number of hydrogen-bond donors (Lipinski definition) is 4. The van der Waals surface area contributed by atoms with Crippen LogP contribution in [0.3, 0.4) is 0 Å². The Hall–Kier alpha value is -3.24. The van der Waals surface area contributed by atoms with E-state index in [9.17, 15) is 18.0 Å². The fourth-order valence-corrected chi connectivity index (χ4v) is 3.45. The summed E-state index contributed by atoms with van der Waals surface area (Å²) in [6.45, 7) is 4.53. The maximum atomic E-state index is 12.9. The minimum Gasteiger partial charge on any atom is -0.384 e. The van der Waals surface area contributed by atoms with E-state index in [-0.39, 0.29) is 24.8 Å². The number of amidine groups is 1. The van der Waals surface area contributed by atoms with E-state index in [1.807, 2.05) is 19.9 Å². The van der Waals surface area contributed by atoms with Gasteiger partial charge in [0.2, 0.25) is 10.0 Å². The lowest BCUT2D eigenvalue weighted by Crippen LogP contribution is -2.41. The minimum atomic E-state index is -3.35. The molecule has 2 rings (SSSR count). The number of rotatable bonds is 9. The lowest BCUT2D eigenvalue weighted by atomic mass is 10.1. The Labute approximate surface area is 188 Å². The topological polar surface area (TPSA) is 145 Å². The first-order valence-corrected chi connectivity index (χ1v) is 11.9. The van der Waals surface area contributed by atoms with Gasteiger partial charge in [0.15, 0.2) is 0 Å². The summed E-state index contributed by atoms with van der Waals surface area (Å²) in [6, 6.07) is 13.6. The number of nitrogens with two attached hydrogens (primary N) is 1. The van der Waals surface area contributed by atoms with Crippen molar-refractivity contribution in [2.24, 2.45) is 11.7 Å². The summed E-state index contributed by atoms with van der Waals surface area (Å²) in [5.74, 6) is -1.42. The highest BCUT2D eigenvalue weighted by molar-refractivity contribution is 7.88. The molecule has 2 aromatic rings. The molecule has 2 amide bonds. The largest absolute Gasteiger partial charge is 0.384 e. The number of nitrogens with one attached hydrogen (secondary N) is 3. The van der Waals surface area contributed by atoms with E-state index >= 15 is 0 Å². The molecule has 0 atom stereocenters. The SMILES string of the molecule is CC(C)CN(Cc1cccc(C(=N)N)c1)C(=O)C(=O)Nc1cccc(CNS(C)(=O)=O)c1. The average molecular weight is 460 g/mol. The van der Waals surface area contributed by atoms with E-state index in [2.05, 4.69) is 10.0 Å². The molecule has 2 aromatic carbocycles. The highest BCUT2D eigenvalue weighted by Gasteiger charge is 2.23. The molecule has 0 saturated carbocycles. The van der Waals surface area contributed by atoms with Crippen molar-refractivity contribution in [2.75, 3.05) is 18.1 Å². The van der Waals surface area contributed by atoms with Gasteiger partial charge in [-0.3, -0.25) is 15.0 Å². The zero-order valence-corrected chi connectivity index (χ0v) is 19.2. The molecule has 0 bridgehead atoms. The van der Waals surface area contributed by atoms with E-state index in [0.717, 1.165) is 11.8 Å². The van der Waals surface area contributed by atoms with Crippen LogP contribution in [-0.2, 0) is 32.7 Å². The number of carbonyl (C=O) groups excluding carboxylic acids is 2. The number of hydrogen-bond acceptors (Lipinski definition) is 5. The van der Waals surface area contributed by atoms with Crippen LogP contribution in [0.1, 0.15) is 30.5 Å². The summed E-state index contributed by atoms with van der Waals surface area (Å²) in [6.07, 6.45) is 1.06. The van der Waals surface area contributed by atoms with Crippen LogP contribution < -0.4 is 15.8 Å². The fourth-order valence-electron chi connectivity index (χ4n) is 3.02. The van der Waals surface area contributed by atoms with E-state index in [0.29, 0.717) is 23.4 Å². The van der Waals surface area contributed by atoms with Gasteiger partial charge in [-0.05, 0) is 35.2 Å². The van der Waals surface area contributed by atoms with Crippen LogP contribution in [0.15, 0.2) is 48.5 Å². The first-order chi connectivity index (χ1) is 14.9. The second-order valence-corrected chi connectivity index (χ2v) is 9.77. The van der Waals surface area contributed by atoms with Gasteiger partial charge in [-0.1, -0.05) is 44.2 Å². The number of nitrogen functional groups attached to an aromatic ring is 1. The lowest BCUT2D eigenvalue weighted by Gasteiger charge is -2.24. The standard InChI is InChI=1S/C22H29N5O4S/c1-15(2)13-27(14-17-7-4-8-18(10-17)20(23)24)22(29)21(28)26-19-9-5-6-16(11-19)12-25-32(3,30)31/h4-11,15,25H,12-14H2,1-3H3,(H3,23,24)(H,26,28). The Morgan fingerprint density at radius 2 is 1.75 bits per heavy atom. The molecule has 10 heteroatoms. The minimum absolute atomic E-state index is 0.0719. The van der Waals surface area contributed by atoms with Crippen molar-refractivity contribution in [1.82, 2.24) is 9.62 Å². The Morgan fingerprint density at radius 1 is 1.09 bits per heavy atom. The van der Waals surface area contributed by atoms with Gasteiger partial charge in [0.1, 0.15) is 5.84 Å². The van der Waals surface area contributed by atoms with Crippen molar-refractivity contribution in [1.29, 1.82) is 5.41 Å². The van der Waals surface area contributed by atoms with Crippen LogP contribution in [-0.4, -0.2) is 43.8 Å². The predicted octanol–water partition coefficient (Wildman–Crippen LogP) is 1.64. The third-order valence-corrected chi connectivity index (χ3v) is 5.07. The average Bonchev–Trinajstić information content (AvgIpc) is 2.71. The van der Waals surface area contributed by atoms with Gasteiger partial charge < -0.3 is 16.0 Å². The normalized spacial score (nSPS) is 11.2. The fraction of sp³-hybridized carbons (Fsp3) is 0.318. The van der Waals surface area contributed by atoms with Gasteiger partial charge in [0.25, 0.3) is 0 Å². The van der Waals surface area contributed by atoms with Crippen molar-refractivity contribution in [2.45, 2.75) is 26.9 Å². The van der Waals surface area contributed by atoms with E-state index < -0.39 is 21.8 Å². The Bertz CT molecular complexity index is 1100. The van der Waals surface area contributed by atoms with Crippen molar-refractivity contribution >= 4 is 33.4 Å². The Balaban J connectivity index is 2.13. The molecule has 0 aliphatic carbocycles. The highest BCUT2D eigenvalue weighted by Crippen LogP contribution is 2.14. The zero-order valence-electron chi connectivity index (χ0n) is 18.4. The molecule has 0 aromatic heterocycles. The maximum Gasteiger partial charge on any atom is 0.313 e. The molecule has 0 radical (unpaired) electrons. The van der Waals surface area contributed by atoms with E-state index in [1.165, 1.54) is 4.90 Å². The van der Waals surface area contributed by atoms with Crippen molar-refractivity contribution in [3.05, 3.63) is 65.2 Å². The smallest absolute Gasteiger partial charge is 0.313 e. The first kappa shape index (κ1) is 25.0. The summed E-state index contributed by atoms with van der Waals surface area (Å²) >= 11 is 0. The summed E-state index contributed by atoms with van der Waals surface area (Å²) in [7, 11) is -3.35. The van der Waals surface area contributed by atoms with Crippen molar-refractivity contribution in [3.63, 3.8) is 0 Å². The molecule has 0 spiro atoms. The first-order valence-electron chi connectivity index (χ1n) is 10.0. The van der Waals surface area contributed by atoms with Crippen LogP contribution in [0.2, 0.25) is 0 Å². The zero-order chi connectivity index (χ0) is 23.9. The summed E-state index contributed by atoms with van der Waals surface area (Å²) in [5, 5.41) is 10.2. The molecular formula is C22H29N5O4S. The third-order valence-electron chi connectivity index (χ3n) is 4.40. The van der Waals surface area contributed by atoms with Crippen molar-refractivity contribution < 1.29 is 18.0 Å².